The van der Waals surface area contributed by atoms with Crippen LogP contribution in [-0.4, -0.2) is 78.1 Å². The van der Waals surface area contributed by atoms with E-state index in [0.29, 0.717) is 0 Å². The Hall–Kier alpha value is -0.120. The Morgan fingerprint density at radius 1 is 1.10 bits per heavy atom. The van der Waals surface area contributed by atoms with Crippen LogP contribution in [0, 0.1) is 0 Å². The molecule has 0 aliphatic carbocycles. The number of ether oxygens (including phenoxy) is 2. The van der Waals surface area contributed by atoms with Crippen LogP contribution in [0.4, 0.5) is 0 Å². The Balaban J connectivity index is 0. The zero-order valence-electron chi connectivity index (χ0n) is 13.3. The molecule has 6 nitrogen and oxygen atoms in total. The second-order valence-electron chi connectivity index (χ2n) is 4.33. The summed E-state index contributed by atoms with van der Waals surface area (Å²) in [7, 11) is 5.52. The molecule has 122 valence electrons. The van der Waals surface area contributed by atoms with Crippen LogP contribution < -0.4 is 10.6 Å². The minimum Gasteiger partial charge on any atom is -0.385 e. The van der Waals surface area contributed by atoms with Gasteiger partial charge in [-0.3, -0.25) is 4.99 Å². The number of likely N-dealkylation sites (N-methyl/N-ethyl adjacent to an activating group) is 1. The average molecular weight is 402 g/mol. The topological polar surface area (TPSA) is 58.1 Å². The summed E-state index contributed by atoms with van der Waals surface area (Å²) in [6.45, 7) is 8.02. The number of aliphatic imine (C=N–C) groups is 1. The Morgan fingerprint density at radius 2 is 1.80 bits per heavy atom. The lowest BCUT2D eigenvalue weighted by Gasteiger charge is -2.17. The first-order chi connectivity index (χ1) is 9.24. The molecule has 0 fully saturated rings. The van der Waals surface area contributed by atoms with Gasteiger partial charge in [-0.25, -0.2) is 0 Å². The van der Waals surface area contributed by atoms with E-state index in [9.17, 15) is 0 Å². The third kappa shape index (κ3) is 14.3. The first kappa shape index (κ1) is 22.2. The van der Waals surface area contributed by atoms with Gasteiger partial charge in [0.15, 0.2) is 5.96 Å². The fourth-order valence-electron chi connectivity index (χ4n) is 1.47. The maximum Gasteiger partial charge on any atom is 0.191 e. The summed E-state index contributed by atoms with van der Waals surface area (Å²) >= 11 is 0. The SMILES string of the molecule is CCNC(=NCCCOC)NCCN(C)CCOC.I. The number of nitrogens with zero attached hydrogens (tertiary/aromatic N) is 2. The van der Waals surface area contributed by atoms with Crippen LogP contribution in [0.5, 0.6) is 0 Å². The fraction of sp³-hybridized carbons (Fsp3) is 0.923. The van der Waals surface area contributed by atoms with Gasteiger partial charge in [-0.1, -0.05) is 0 Å². The minimum atomic E-state index is 0. The first-order valence-corrected chi connectivity index (χ1v) is 6.93. The molecule has 20 heavy (non-hydrogen) atoms. The second-order valence-corrected chi connectivity index (χ2v) is 4.33. The number of hydrogen-bond acceptors (Lipinski definition) is 4. The molecule has 0 radical (unpaired) electrons. The van der Waals surface area contributed by atoms with E-state index in [1.165, 1.54) is 0 Å². The van der Waals surface area contributed by atoms with E-state index in [-0.39, 0.29) is 24.0 Å². The van der Waals surface area contributed by atoms with Crippen LogP contribution in [0.2, 0.25) is 0 Å². The zero-order valence-corrected chi connectivity index (χ0v) is 15.6. The Morgan fingerprint density at radius 3 is 2.40 bits per heavy atom. The number of halogens is 1. The van der Waals surface area contributed by atoms with Crippen molar-refractivity contribution in [2.24, 2.45) is 4.99 Å². The normalized spacial score (nSPS) is 11.3. The third-order valence-corrected chi connectivity index (χ3v) is 2.58. The molecule has 0 aromatic rings. The predicted octanol–water partition coefficient (Wildman–Crippen LogP) is 0.774. The number of guanidine groups is 1. The molecule has 0 amide bonds. The monoisotopic (exact) mass is 402 g/mol. The standard InChI is InChI=1S/C13H30N4O2.HI/c1-5-14-13(15-7-6-11-18-3)16-8-9-17(2)10-12-19-4;/h5-12H2,1-4H3,(H2,14,15,16);1H. The van der Waals surface area contributed by atoms with Gasteiger partial charge in [-0.15, -0.1) is 24.0 Å². The molecule has 0 heterocycles. The van der Waals surface area contributed by atoms with Crippen LogP contribution in [0.1, 0.15) is 13.3 Å². The molecule has 0 bridgehead atoms. The molecule has 0 rings (SSSR count). The van der Waals surface area contributed by atoms with Crippen molar-refractivity contribution in [3.8, 4) is 0 Å². The highest BCUT2D eigenvalue weighted by Gasteiger charge is 1.99. The van der Waals surface area contributed by atoms with E-state index in [2.05, 4.69) is 34.5 Å². The number of hydrogen-bond donors (Lipinski definition) is 2. The Bertz CT molecular complexity index is 230. The average Bonchev–Trinajstić information content (AvgIpc) is 2.41. The van der Waals surface area contributed by atoms with Gasteiger partial charge in [0.25, 0.3) is 0 Å². The summed E-state index contributed by atoms with van der Waals surface area (Å²) in [6, 6.07) is 0. The van der Waals surface area contributed by atoms with Crippen LogP contribution in [-0.2, 0) is 9.47 Å². The molecular weight excluding hydrogens is 371 g/mol. The quantitative estimate of drug-likeness (QED) is 0.232. The van der Waals surface area contributed by atoms with E-state index in [4.69, 9.17) is 9.47 Å². The van der Waals surface area contributed by atoms with Gasteiger partial charge in [0.2, 0.25) is 0 Å². The van der Waals surface area contributed by atoms with Crippen molar-refractivity contribution < 1.29 is 9.47 Å². The number of methoxy groups -OCH3 is 2. The summed E-state index contributed by atoms with van der Waals surface area (Å²) in [5.41, 5.74) is 0. The van der Waals surface area contributed by atoms with E-state index in [1.807, 2.05) is 0 Å². The largest absolute Gasteiger partial charge is 0.385 e. The van der Waals surface area contributed by atoms with Gasteiger partial charge >= 0.3 is 0 Å². The van der Waals surface area contributed by atoms with Crippen molar-refractivity contribution in [2.75, 3.05) is 67.2 Å². The molecule has 0 aliphatic rings. The summed E-state index contributed by atoms with van der Waals surface area (Å²) < 4.78 is 10.0. The van der Waals surface area contributed by atoms with Gasteiger partial charge in [-0.2, -0.15) is 0 Å². The fourth-order valence-corrected chi connectivity index (χ4v) is 1.47. The molecule has 0 unspecified atom stereocenters. The highest BCUT2D eigenvalue weighted by Crippen LogP contribution is 1.84. The van der Waals surface area contributed by atoms with Crippen LogP contribution in [0.25, 0.3) is 0 Å². The molecule has 2 N–H and O–H groups in total. The van der Waals surface area contributed by atoms with Crippen molar-refractivity contribution in [3.05, 3.63) is 0 Å². The smallest absolute Gasteiger partial charge is 0.191 e. The van der Waals surface area contributed by atoms with Gasteiger partial charge in [0.1, 0.15) is 0 Å². The molecule has 0 aliphatic heterocycles. The van der Waals surface area contributed by atoms with Crippen molar-refractivity contribution in [1.29, 1.82) is 0 Å². The lowest BCUT2D eigenvalue weighted by atomic mass is 10.4. The molecule has 0 saturated carbocycles. The van der Waals surface area contributed by atoms with Crippen molar-refractivity contribution in [1.82, 2.24) is 15.5 Å². The maximum absolute atomic E-state index is 5.04. The van der Waals surface area contributed by atoms with Gasteiger partial charge in [0, 0.05) is 53.6 Å². The highest BCUT2D eigenvalue weighted by atomic mass is 127. The van der Waals surface area contributed by atoms with E-state index in [0.717, 1.165) is 58.3 Å². The second kappa shape index (κ2) is 16.9. The van der Waals surface area contributed by atoms with Gasteiger partial charge in [-0.05, 0) is 20.4 Å². The van der Waals surface area contributed by atoms with Crippen molar-refractivity contribution in [2.45, 2.75) is 13.3 Å². The number of nitrogens with one attached hydrogen (secondary N) is 2. The van der Waals surface area contributed by atoms with Gasteiger partial charge < -0.3 is 25.0 Å². The van der Waals surface area contributed by atoms with E-state index < -0.39 is 0 Å². The van der Waals surface area contributed by atoms with E-state index in [1.54, 1.807) is 14.2 Å². The number of rotatable bonds is 11. The van der Waals surface area contributed by atoms with E-state index >= 15 is 0 Å². The molecule has 0 spiro atoms. The third-order valence-electron chi connectivity index (χ3n) is 2.58. The molecule has 7 heteroatoms. The zero-order chi connectivity index (χ0) is 14.3. The highest BCUT2D eigenvalue weighted by molar-refractivity contribution is 14.0. The van der Waals surface area contributed by atoms with Crippen LogP contribution >= 0.6 is 24.0 Å². The summed E-state index contributed by atoms with van der Waals surface area (Å²) in [4.78, 5) is 6.71. The summed E-state index contributed by atoms with van der Waals surface area (Å²) in [5, 5.41) is 6.55. The Labute approximate surface area is 140 Å². The molecule has 0 aromatic carbocycles. The minimum absolute atomic E-state index is 0. The Kier molecular flexibility index (Phi) is 18.8. The molecule has 0 saturated heterocycles. The van der Waals surface area contributed by atoms with Crippen LogP contribution in [0.15, 0.2) is 4.99 Å². The van der Waals surface area contributed by atoms with Crippen molar-refractivity contribution in [3.63, 3.8) is 0 Å². The maximum atomic E-state index is 5.04. The van der Waals surface area contributed by atoms with Crippen molar-refractivity contribution >= 4 is 29.9 Å². The summed E-state index contributed by atoms with van der Waals surface area (Å²) in [5.74, 6) is 0.874. The lowest BCUT2D eigenvalue weighted by molar-refractivity contribution is 0.162. The van der Waals surface area contributed by atoms with Crippen LogP contribution in [0.3, 0.4) is 0 Å². The molecule has 0 aromatic heterocycles. The van der Waals surface area contributed by atoms with Gasteiger partial charge in [0.05, 0.1) is 6.61 Å². The molecule has 0 atom stereocenters. The first-order valence-electron chi connectivity index (χ1n) is 6.93. The predicted molar refractivity (Wildman–Crippen MR) is 95.3 cm³/mol. The lowest BCUT2D eigenvalue weighted by Crippen LogP contribution is -2.41. The summed E-state index contributed by atoms with van der Waals surface area (Å²) in [6.07, 6.45) is 0.945. The molecular formula is C13H31IN4O2.